The lowest BCUT2D eigenvalue weighted by atomic mass is 9.99. The van der Waals surface area contributed by atoms with Gasteiger partial charge in [0.2, 0.25) is 0 Å². The molecule has 2 aliphatic rings. The van der Waals surface area contributed by atoms with Crippen LogP contribution >= 0.6 is 0 Å². The number of nitrogens with one attached hydrogen (secondary N) is 1. The first kappa shape index (κ1) is 15.8. The molecule has 1 aromatic carbocycles. The van der Waals surface area contributed by atoms with Crippen molar-refractivity contribution in [3.63, 3.8) is 0 Å². The van der Waals surface area contributed by atoms with E-state index >= 15 is 0 Å². The summed E-state index contributed by atoms with van der Waals surface area (Å²) in [5.74, 6) is 0. The summed E-state index contributed by atoms with van der Waals surface area (Å²) in [7, 11) is 0. The second kappa shape index (κ2) is 6.31. The monoisotopic (exact) mass is 328 g/mol. The van der Waals surface area contributed by atoms with Crippen LogP contribution in [0.25, 0.3) is 11.0 Å². The van der Waals surface area contributed by atoms with E-state index in [0.29, 0.717) is 5.58 Å². The van der Waals surface area contributed by atoms with Crippen molar-refractivity contribution in [2.45, 2.75) is 31.9 Å². The first-order valence-electron chi connectivity index (χ1n) is 8.80. The SMILES string of the molecule is CCc1ccc2oc(=O)cc(CN3CCOC4(CCNC4)C3)c2c1. The summed E-state index contributed by atoms with van der Waals surface area (Å²) in [4.78, 5) is 14.3. The highest BCUT2D eigenvalue weighted by Crippen LogP contribution is 2.27. The molecule has 2 aromatic rings. The van der Waals surface area contributed by atoms with Gasteiger partial charge in [-0.1, -0.05) is 13.0 Å². The van der Waals surface area contributed by atoms with E-state index in [9.17, 15) is 4.79 Å². The zero-order valence-corrected chi connectivity index (χ0v) is 14.1. The lowest BCUT2D eigenvalue weighted by Crippen LogP contribution is -2.52. The maximum Gasteiger partial charge on any atom is 0.336 e. The van der Waals surface area contributed by atoms with E-state index in [4.69, 9.17) is 9.15 Å². The largest absolute Gasteiger partial charge is 0.423 e. The molecule has 1 aromatic heterocycles. The molecule has 0 bridgehead atoms. The van der Waals surface area contributed by atoms with Crippen LogP contribution in [0.4, 0.5) is 0 Å². The van der Waals surface area contributed by atoms with Crippen molar-refractivity contribution in [3.05, 3.63) is 45.8 Å². The first-order chi connectivity index (χ1) is 11.7. The van der Waals surface area contributed by atoms with Crippen LogP contribution in [0.5, 0.6) is 0 Å². The van der Waals surface area contributed by atoms with Gasteiger partial charge in [-0.05, 0) is 42.6 Å². The molecule has 2 saturated heterocycles. The van der Waals surface area contributed by atoms with Gasteiger partial charge in [0.15, 0.2) is 0 Å². The molecule has 2 fully saturated rings. The molecule has 5 nitrogen and oxygen atoms in total. The Morgan fingerprint density at radius 1 is 1.33 bits per heavy atom. The average molecular weight is 328 g/mol. The van der Waals surface area contributed by atoms with E-state index in [1.165, 1.54) is 5.56 Å². The van der Waals surface area contributed by atoms with Crippen LogP contribution in [-0.4, -0.2) is 43.3 Å². The van der Waals surface area contributed by atoms with Crippen molar-refractivity contribution in [1.82, 2.24) is 10.2 Å². The van der Waals surface area contributed by atoms with Crippen LogP contribution in [0.1, 0.15) is 24.5 Å². The second-order valence-electron chi connectivity index (χ2n) is 6.94. The highest BCUT2D eigenvalue weighted by Gasteiger charge is 2.39. The van der Waals surface area contributed by atoms with E-state index in [-0.39, 0.29) is 11.2 Å². The summed E-state index contributed by atoms with van der Waals surface area (Å²) in [6.45, 7) is 7.40. The Morgan fingerprint density at radius 2 is 2.25 bits per heavy atom. The van der Waals surface area contributed by atoms with Crippen LogP contribution in [0, 0.1) is 0 Å². The molecule has 1 spiro atoms. The lowest BCUT2D eigenvalue weighted by molar-refractivity contribution is -0.0983. The molecule has 0 saturated carbocycles. The van der Waals surface area contributed by atoms with Gasteiger partial charge < -0.3 is 14.5 Å². The predicted molar refractivity (Wildman–Crippen MR) is 93.3 cm³/mol. The summed E-state index contributed by atoms with van der Waals surface area (Å²) in [6, 6.07) is 7.75. The highest BCUT2D eigenvalue weighted by molar-refractivity contribution is 5.80. The van der Waals surface area contributed by atoms with Crippen LogP contribution in [0.15, 0.2) is 33.5 Å². The Morgan fingerprint density at radius 3 is 3.04 bits per heavy atom. The molecule has 0 radical (unpaired) electrons. The third-order valence-corrected chi connectivity index (χ3v) is 5.23. The molecule has 1 N–H and O–H groups in total. The zero-order valence-electron chi connectivity index (χ0n) is 14.1. The maximum atomic E-state index is 11.9. The van der Waals surface area contributed by atoms with Gasteiger partial charge >= 0.3 is 5.63 Å². The van der Waals surface area contributed by atoms with Gasteiger partial charge in [-0.25, -0.2) is 4.79 Å². The molecular formula is C19H24N2O3. The second-order valence-corrected chi connectivity index (χ2v) is 6.94. The van der Waals surface area contributed by atoms with Crippen LogP contribution < -0.4 is 10.9 Å². The summed E-state index contributed by atoms with van der Waals surface area (Å²) in [5, 5.41) is 4.46. The molecule has 5 heteroatoms. The van der Waals surface area contributed by atoms with Gasteiger partial charge in [-0.15, -0.1) is 0 Å². The minimum atomic E-state index is -0.271. The fraction of sp³-hybridized carbons (Fsp3) is 0.526. The zero-order chi connectivity index (χ0) is 16.6. The van der Waals surface area contributed by atoms with Gasteiger partial charge in [0, 0.05) is 37.6 Å². The van der Waals surface area contributed by atoms with Crippen LogP contribution in [-0.2, 0) is 17.7 Å². The average Bonchev–Trinajstić information content (AvgIpc) is 3.02. The molecule has 0 aliphatic carbocycles. The number of aryl methyl sites for hydroxylation is 1. The molecule has 1 atom stereocenters. The minimum absolute atomic E-state index is 0.0535. The summed E-state index contributed by atoms with van der Waals surface area (Å²) in [6.07, 6.45) is 2.03. The standard InChI is InChI=1S/C19H24N2O3/c1-2-14-3-4-17-16(9-14)15(10-18(22)24-17)11-21-7-8-23-19(13-21)5-6-20-12-19/h3-4,9-10,20H,2,5-8,11-13H2,1H3. The Balaban J connectivity index is 1.64. The van der Waals surface area contributed by atoms with E-state index in [1.807, 2.05) is 12.1 Å². The number of ether oxygens (including phenoxy) is 1. The van der Waals surface area contributed by atoms with Gasteiger partial charge in [-0.3, -0.25) is 4.90 Å². The van der Waals surface area contributed by atoms with E-state index in [2.05, 4.69) is 23.2 Å². The summed E-state index contributed by atoms with van der Waals surface area (Å²) >= 11 is 0. The van der Waals surface area contributed by atoms with Crippen molar-refractivity contribution in [2.24, 2.45) is 0 Å². The normalized spacial score (nSPS) is 24.9. The first-order valence-corrected chi connectivity index (χ1v) is 8.80. The maximum absolute atomic E-state index is 11.9. The predicted octanol–water partition coefficient (Wildman–Crippen LogP) is 1.92. The quantitative estimate of drug-likeness (QED) is 0.873. The van der Waals surface area contributed by atoms with Crippen LogP contribution in [0.3, 0.4) is 0 Å². The Kier molecular flexibility index (Phi) is 4.16. The molecule has 24 heavy (non-hydrogen) atoms. The Hall–Kier alpha value is -1.69. The summed E-state index contributed by atoms with van der Waals surface area (Å²) in [5.41, 5.74) is 2.67. The number of benzene rings is 1. The van der Waals surface area contributed by atoms with Crippen molar-refractivity contribution in [1.29, 1.82) is 0 Å². The van der Waals surface area contributed by atoms with Crippen molar-refractivity contribution >= 4 is 11.0 Å². The third kappa shape index (κ3) is 2.99. The smallest absolute Gasteiger partial charge is 0.336 e. The minimum Gasteiger partial charge on any atom is -0.423 e. The number of hydrogen-bond acceptors (Lipinski definition) is 5. The molecule has 2 aliphatic heterocycles. The topological polar surface area (TPSA) is 54.7 Å². The molecule has 0 amide bonds. The molecule has 1 unspecified atom stereocenters. The number of hydrogen-bond donors (Lipinski definition) is 1. The fourth-order valence-electron chi connectivity index (χ4n) is 3.90. The Bertz CT molecular complexity index is 793. The highest BCUT2D eigenvalue weighted by atomic mass is 16.5. The third-order valence-electron chi connectivity index (χ3n) is 5.23. The van der Waals surface area contributed by atoms with E-state index in [1.54, 1.807) is 6.07 Å². The van der Waals surface area contributed by atoms with Gasteiger partial charge in [0.1, 0.15) is 5.58 Å². The lowest BCUT2D eigenvalue weighted by Gasteiger charge is -2.40. The van der Waals surface area contributed by atoms with Crippen molar-refractivity contribution in [2.75, 3.05) is 32.8 Å². The van der Waals surface area contributed by atoms with Gasteiger partial charge in [-0.2, -0.15) is 0 Å². The van der Waals surface area contributed by atoms with Gasteiger partial charge in [0.25, 0.3) is 0 Å². The number of morpholine rings is 1. The van der Waals surface area contributed by atoms with Crippen molar-refractivity contribution < 1.29 is 9.15 Å². The van der Waals surface area contributed by atoms with E-state index in [0.717, 1.165) is 63.1 Å². The molecule has 3 heterocycles. The van der Waals surface area contributed by atoms with Crippen molar-refractivity contribution in [3.8, 4) is 0 Å². The number of fused-ring (bicyclic) bond motifs is 1. The fourth-order valence-corrected chi connectivity index (χ4v) is 3.90. The number of rotatable bonds is 3. The molecule has 4 rings (SSSR count). The van der Waals surface area contributed by atoms with Gasteiger partial charge in [0.05, 0.1) is 12.2 Å². The summed E-state index contributed by atoms with van der Waals surface area (Å²) < 4.78 is 11.4. The molecular weight excluding hydrogens is 304 g/mol. The number of nitrogens with zero attached hydrogens (tertiary/aromatic N) is 1. The van der Waals surface area contributed by atoms with E-state index < -0.39 is 0 Å². The molecule has 128 valence electrons. The Labute approximate surface area is 141 Å². The van der Waals surface area contributed by atoms with Crippen LogP contribution in [0.2, 0.25) is 0 Å².